The van der Waals surface area contributed by atoms with Gasteiger partial charge in [0, 0.05) is 17.3 Å². The summed E-state index contributed by atoms with van der Waals surface area (Å²) in [6.07, 6.45) is 3.82. The molecular weight excluding hydrogens is 214 g/mol. The smallest absolute Gasteiger partial charge is 0.218 e. The van der Waals surface area contributed by atoms with Gasteiger partial charge in [0.25, 0.3) is 0 Å². The molecule has 1 aliphatic heterocycles. The Morgan fingerprint density at radius 2 is 1.94 bits per heavy atom. The Labute approximate surface area is 98.3 Å². The number of amides is 1. The van der Waals surface area contributed by atoms with Gasteiger partial charge in [0.15, 0.2) is 0 Å². The highest BCUT2D eigenvalue weighted by Gasteiger charge is 2.17. The van der Waals surface area contributed by atoms with Gasteiger partial charge in [-0.15, -0.1) is 0 Å². The summed E-state index contributed by atoms with van der Waals surface area (Å²) in [5.41, 5.74) is 1.96. The number of benzene rings is 1. The summed E-state index contributed by atoms with van der Waals surface area (Å²) in [7, 11) is 0. The fourth-order valence-corrected chi connectivity index (χ4v) is 1.71. The molecule has 1 aliphatic rings. The van der Waals surface area contributed by atoms with Crippen molar-refractivity contribution in [3.05, 3.63) is 47.7 Å². The van der Waals surface area contributed by atoms with E-state index in [1.165, 1.54) is 4.90 Å². The molecule has 0 bridgehead atoms. The molecule has 2 rings (SSSR count). The van der Waals surface area contributed by atoms with Crippen molar-refractivity contribution in [2.75, 3.05) is 4.90 Å². The SMILES string of the molecule is N#CC(C#N)=C1C=CN(C=O)c2ccccc21. The number of nitrogens with zero attached hydrogens (tertiary/aromatic N) is 3. The Bertz CT molecular complexity index is 598. The highest BCUT2D eigenvalue weighted by atomic mass is 16.1. The fraction of sp³-hybridized carbons (Fsp3) is 0. The van der Waals surface area contributed by atoms with Crippen LogP contribution in [-0.2, 0) is 4.79 Å². The number of para-hydroxylation sites is 1. The molecule has 0 atom stereocenters. The number of carbonyl (C=O) groups excluding carboxylic acids is 1. The first-order valence-corrected chi connectivity index (χ1v) is 4.87. The van der Waals surface area contributed by atoms with Crippen LogP contribution in [0.1, 0.15) is 5.56 Å². The molecule has 0 saturated carbocycles. The van der Waals surface area contributed by atoms with Gasteiger partial charge in [-0.25, -0.2) is 0 Å². The Morgan fingerprint density at radius 3 is 2.59 bits per heavy atom. The molecule has 17 heavy (non-hydrogen) atoms. The topological polar surface area (TPSA) is 67.9 Å². The number of anilines is 1. The van der Waals surface area contributed by atoms with E-state index >= 15 is 0 Å². The van der Waals surface area contributed by atoms with Crippen molar-refractivity contribution < 1.29 is 4.79 Å². The van der Waals surface area contributed by atoms with Crippen molar-refractivity contribution in [3.63, 3.8) is 0 Å². The lowest BCUT2D eigenvalue weighted by Gasteiger charge is -2.22. The average Bonchev–Trinajstić information content (AvgIpc) is 2.40. The quantitative estimate of drug-likeness (QED) is 0.537. The summed E-state index contributed by atoms with van der Waals surface area (Å²) in [6, 6.07) is 10.8. The van der Waals surface area contributed by atoms with Crippen LogP contribution in [0, 0.1) is 22.7 Å². The van der Waals surface area contributed by atoms with Crippen molar-refractivity contribution >= 4 is 17.7 Å². The molecule has 0 fully saturated rings. The predicted octanol–water partition coefficient (Wildman–Crippen LogP) is 1.98. The van der Waals surface area contributed by atoms with E-state index in [1.807, 2.05) is 12.1 Å². The van der Waals surface area contributed by atoms with Gasteiger partial charge < -0.3 is 0 Å². The second-order valence-corrected chi connectivity index (χ2v) is 3.36. The van der Waals surface area contributed by atoms with Crippen LogP contribution in [0.3, 0.4) is 0 Å². The third kappa shape index (κ3) is 1.68. The molecule has 4 nitrogen and oxygen atoms in total. The average molecular weight is 221 g/mol. The molecule has 0 aliphatic carbocycles. The standard InChI is InChI=1S/C13H7N3O/c14-7-10(8-15)11-5-6-16(9-17)13-4-2-1-3-12(11)13/h1-6,9H. The molecule has 1 heterocycles. The first-order chi connectivity index (χ1) is 8.31. The molecule has 0 N–H and O–H groups in total. The summed E-state index contributed by atoms with van der Waals surface area (Å²) >= 11 is 0. The molecule has 1 aromatic carbocycles. The highest BCUT2D eigenvalue weighted by molar-refractivity contribution is 5.95. The van der Waals surface area contributed by atoms with Crippen molar-refractivity contribution in [2.24, 2.45) is 0 Å². The van der Waals surface area contributed by atoms with Crippen LogP contribution < -0.4 is 4.90 Å². The molecule has 0 spiro atoms. The summed E-state index contributed by atoms with van der Waals surface area (Å²) in [5.74, 6) is 0. The van der Waals surface area contributed by atoms with Crippen LogP contribution in [0.25, 0.3) is 5.57 Å². The van der Waals surface area contributed by atoms with E-state index in [1.54, 1.807) is 36.5 Å². The zero-order chi connectivity index (χ0) is 12.3. The van der Waals surface area contributed by atoms with Gasteiger partial charge in [-0.3, -0.25) is 9.69 Å². The number of hydrogen-bond donors (Lipinski definition) is 0. The van der Waals surface area contributed by atoms with E-state index in [0.29, 0.717) is 23.2 Å². The lowest BCUT2D eigenvalue weighted by Crippen LogP contribution is -2.17. The number of rotatable bonds is 1. The summed E-state index contributed by atoms with van der Waals surface area (Å²) in [6.45, 7) is 0. The molecule has 4 heteroatoms. The van der Waals surface area contributed by atoms with Crippen LogP contribution in [0.5, 0.6) is 0 Å². The summed E-state index contributed by atoms with van der Waals surface area (Å²) in [4.78, 5) is 12.3. The fourth-order valence-electron chi connectivity index (χ4n) is 1.71. The van der Waals surface area contributed by atoms with Gasteiger partial charge in [0.05, 0.1) is 5.69 Å². The minimum absolute atomic E-state index is 0.0410. The third-order valence-corrected chi connectivity index (χ3v) is 2.48. The Morgan fingerprint density at radius 1 is 1.24 bits per heavy atom. The summed E-state index contributed by atoms with van der Waals surface area (Å²) in [5, 5.41) is 17.8. The molecule has 0 unspecified atom stereocenters. The molecule has 1 aromatic rings. The first-order valence-electron chi connectivity index (χ1n) is 4.87. The van der Waals surface area contributed by atoms with E-state index in [-0.39, 0.29) is 5.57 Å². The second kappa shape index (κ2) is 4.34. The van der Waals surface area contributed by atoms with E-state index in [4.69, 9.17) is 10.5 Å². The zero-order valence-corrected chi connectivity index (χ0v) is 8.79. The number of fused-ring (bicyclic) bond motifs is 1. The van der Waals surface area contributed by atoms with Gasteiger partial charge in [-0.05, 0) is 12.1 Å². The molecule has 0 aromatic heterocycles. The van der Waals surface area contributed by atoms with Crippen molar-refractivity contribution in [2.45, 2.75) is 0 Å². The normalized spacial score (nSPS) is 12.4. The third-order valence-electron chi connectivity index (χ3n) is 2.48. The Balaban J connectivity index is 2.72. The maximum Gasteiger partial charge on any atom is 0.218 e. The molecule has 0 radical (unpaired) electrons. The molecule has 80 valence electrons. The largest absolute Gasteiger partial charge is 0.290 e. The minimum atomic E-state index is 0.0410. The Hall–Kier alpha value is -2.85. The van der Waals surface area contributed by atoms with Gasteiger partial charge in [-0.1, -0.05) is 18.2 Å². The second-order valence-electron chi connectivity index (χ2n) is 3.36. The van der Waals surface area contributed by atoms with E-state index in [0.717, 1.165) is 0 Å². The van der Waals surface area contributed by atoms with Gasteiger partial charge in [0.1, 0.15) is 17.7 Å². The zero-order valence-electron chi connectivity index (χ0n) is 8.79. The lowest BCUT2D eigenvalue weighted by atomic mass is 9.96. The number of carbonyl (C=O) groups is 1. The van der Waals surface area contributed by atoms with Crippen LogP contribution >= 0.6 is 0 Å². The highest BCUT2D eigenvalue weighted by Crippen LogP contribution is 2.33. The monoisotopic (exact) mass is 221 g/mol. The molecular formula is C13H7N3O. The van der Waals surface area contributed by atoms with Crippen molar-refractivity contribution in [1.82, 2.24) is 0 Å². The van der Waals surface area contributed by atoms with E-state index < -0.39 is 0 Å². The van der Waals surface area contributed by atoms with E-state index in [9.17, 15) is 4.79 Å². The van der Waals surface area contributed by atoms with Crippen molar-refractivity contribution in [3.8, 4) is 12.1 Å². The van der Waals surface area contributed by atoms with Crippen LogP contribution in [0.15, 0.2) is 42.1 Å². The maximum absolute atomic E-state index is 10.9. The predicted molar refractivity (Wildman–Crippen MR) is 62.3 cm³/mol. The van der Waals surface area contributed by atoms with Crippen LogP contribution in [-0.4, -0.2) is 6.41 Å². The summed E-state index contributed by atoms with van der Waals surface area (Å²) < 4.78 is 0. The number of allylic oxidation sites excluding steroid dienone is 3. The van der Waals surface area contributed by atoms with Crippen molar-refractivity contribution in [1.29, 1.82) is 10.5 Å². The maximum atomic E-state index is 10.9. The lowest BCUT2D eigenvalue weighted by molar-refractivity contribution is -0.106. The van der Waals surface area contributed by atoms with Crippen LogP contribution in [0.2, 0.25) is 0 Å². The molecule has 1 amide bonds. The number of nitriles is 2. The van der Waals surface area contributed by atoms with Crippen LogP contribution in [0.4, 0.5) is 5.69 Å². The van der Waals surface area contributed by atoms with Gasteiger partial charge in [-0.2, -0.15) is 10.5 Å². The van der Waals surface area contributed by atoms with Gasteiger partial charge in [0.2, 0.25) is 6.41 Å². The van der Waals surface area contributed by atoms with Gasteiger partial charge >= 0.3 is 0 Å². The Kier molecular flexibility index (Phi) is 2.72. The molecule has 0 saturated heterocycles. The number of hydrogen-bond acceptors (Lipinski definition) is 3. The minimum Gasteiger partial charge on any atom is -0.290 e. The van der Waals surface area contributed by atoms with E-state index in [2.05, 4.69) is 0 Å². The first kappa shape index (κ1) is 10.7.